The van der Waals surface area contributed by atoms with Gasteiger partial charge in [0, 0.05) is 31.5 Å². The average Bonchev–Trinajstić information content (AvgIpc) is 3.04. The minimum Gasteiger partial charge on any atom is -0.497 e. The Hall–Kier alpha value is -1.59. The van der Waals surface area contributed by atoms with E-state index in [-0.39, 0.29) is 24.1 Å². The van der Waals surface area contributed by atoms with Crippen LogP contribution in [0, 0.1) is 5.92 Å². The highest BCUT2D eigenvalue weighted by Gasteiger charge is 2.24. The van der Waals surface area contributed by atoms with E-state index in [2.05, 4.69) is 0 Å². The fraction of sp³-hybridized carbons (Fsp3) is 0.529. The molecule has 23 heavy (non-hydrogen) atoms. The largest absolute Gasteiger partial charge is 0.497 e. The fourth-order valence-electron chi connectivity index (χ4n) is 2.73. The van der Waals surface area contributed by atoms with Crippen LogP contribution in [0.2, 0.25) is 0 Å². The molecule has 6 heteroatoms. The van der Waals surface area contributed by atoms with Gasteiger partial charge in [0.05, 0.1) is 7.11 Å². The lowest BCUT2D eigenvalue weighted by atomic mass is 10.1. The van der Waals surface area contributed by atoms with Crippen molar-refractivity contribution < 1.29 is 14.3 Å². The van der Waals surface area contributed by atoms with E-state index in [4.69, 9.17) is 10.5 Å². The minimum atomic E-state index is 0. The van der Waals surface area contributed by atoms with E-state index in [1.165, 1.54) is 0 Å². The van der Waals surface area contributed by atoms with Crippen LogP contribution < -0.4 is 10.5 Å². The first kappa shape index (κ1) is 19.5. The molecule has 0 aliphatic carbocycles. The van der Waals surface area contributed by atoms with Gasteiger partial charge in [-0.1, -0.05) is 0 Å². The number of halogens is 1. The number of hydrogen-bond donors (Lipinski definition) is 1. The van der Waals surface area contributed by atoms with E-state index in [0.29, 0.717) is 37.3 Å². The number of methoxy groups -OCH3 is 1. The molecule has 128 valence electrons. The third-order valence-corrected chi connectivity index (χ3v) is 4.18. The third kappa shape index (κ3) is 5.52. The predicted octanol–water partition coefficient (Wildman–Crippen LogP) is 2.28. The number of nitrogens with two attached hydrogens (primary N) is 1. The van der Waals surface area contributed by atoms with E-state index in [0.717, 1.165) is 25.3 Å². The second kappa shape index (κ2) is 9.53. The van der Waals surface area contributed by atoms with Gasteiger partial charge in [-0.2, -0.15) is 0 Å². The van der Waals surface area contributed by atoms with Crippen LogP contribution in [0.4, 0.5) is 0 Å². The van der Waals surface area contributed by atoms with Crippen molar-refractivity contribution in [3.05, 3.63) is 29.8 Å². The maximum atomic E-state index is 12.1. The Balaban J connectivity index is 0.00000264. The fourth-order valence-corrected chi connectivity index (χ4v) is 2.73. The van der Waals surface area contributed by atoms with Crippen molar-refractivity contribution in [2.45, 2.75) is 25.7 Å². The molecule has 0 aromatic heterocycles. The highest BCUT2D eigenvalue weighted by molar-refractivity contribution is 5.96. The number of nitrogens with zero attached hydrogens (tertiary/aromatic N) is 1. The Morgan fingerprint density at radius 2 is 1.96 bits per heavy atom. The quantitative estimate of drug-likeness (QED) is 0.773. The Morgan fingerprint density at radius 1 is 1.26 bits per heavy atom. The highest BCUT2D eigenvalue weighted by atomic mass is 35.5. The van der Waals surface area contributed by atoms with E-state index in [1.54, 1.807) is 31.4 Å². The molecule has 2 N–H and O–H groups in total. The monoisotopic (exact) mass is 340 g/mol. The molecular weight excluding hydrogens is 316 g/mol. The molecule has 2 rings (SSSR count). The summed E-state index contributed by atoms with van der Waals surface area (Å²) in [7, 11) is 1.59. The lowest BCUT2D eigenvalue weighted by molar-refractivity contribution is -0.130. The van der Waals surface area contributed by atoms with Crippen LogP contribution in [-0.4, -0.2) is 43.3 Å². The molecule has 0 radical (unpaired) electrons. The van der Waals surface area contributed by atoms with E-state index in [9.17, 15) is 9.59 Å². The molecule has 0 saturated carbocycles. The molecule has 1 aliphatic rings. The zero-order valence-electron chi connectivity index (χ0n) is 13.5. The number of benzene rings is 1. The van der Waals surface area contributed by atoms with Gasteiger partial charge in [0.15, 0.2) is 5.78 Å². The summed E-state index contributed by atoms with van der Waals surface area (Å²) in [6.07, 6.45) is 2.41. The third-order valence-electron chi connectivity index (χ3n) is 4.18. The smallest absolute Gasteiger partial charge is 0.222 e. The first-order valence-electron chi connectivity index (χ1n) is 7.79. The summed E-state index contributed by atoms with van der Waals surface area (Å²) in [6.45, 7) is 2.20. The van der Waals surface area contributed by atoms with Crippen molar-refractivity contribution in [1.82, 2.24) is 4.90 Å². The number of ketones is 1. The van der Waals surface area contributed by atoms with Crippen molar-refractivity contribution in [2.75, 3.05) is 26.7 Å². The Kier molecular flexibility index (Phi) is 8.06. The maximum absolute atomic E-state index is 12.1. The molecule has 1 aromatic carbocycles. The van der Waals surface area contributed by atoms with Gasteiger partial charge in [-0.05, 0) is 49.6 Å². The van der Waals surface area contributed by atoms with Crippen LogP contribution in [0.1, 0.15) is 36.0 Å². The number of carbonyl (C=O) groups excluding carboxylic acids is 2. The first-order valence-corrected chi connectivity index (χ1v) is 7.79. The van der Waals surface area contributed by atoms with Crippen molar-refractivity contribution in [3.63, 3.8) is 0 Å². The molecule has 1 atom stereocenters. The van der Waals surface area contributed by atoms with Crippen molar-refractivity contribution in [1.29, 1.82) is 0 Å². The number of hydrogen-bond acceptors (Lipinski definition) is 4. The number of ether oxygens (including phenoxy) is 1. The van der Waals surface area contributed by atoms with Crippen LogP contribution >= 0.6 is 12.4 Å². The van der Waals surface area contributed by atoms with Gasteiger partial charge in [0.2, 0.25) is 5.91 Å². The number of amides is 1. The summed E-state index contributed by atoms with van der Waals surface area (Å²) in [4.78, 5) is 26.0. The van der Waals surface area contributed by atoms with Crippen LogP contribution in [0.3, 0.4) is 0 Å². The topological polar surface area (TPSA) is 72.6 Å². The molecule has 1 unspecified atom stereocenters. The van der Waals surface area contributed by atoms with Gasteiger partial charge in [-0.3, -0.25) is 9.59 Å². The Morgan fingerprint density at radius 3 is 2.52 bits per heavy atom. The summed E-state index contributed by atoms with van der Waals surface area (Å²) in [6, 6.07) is 7.07. The van der Waals surface area contributed by atoms with Crippen molar-refractivity contribution >= 4 is 24.1 Å². The second-order valence-electron chi connectivity index (χ2n) is 5.74. The van der Waals surface area contributed by atoms with Crippen LogP contribution in [0.5, 0.6) is 5.75 Å². The van der Waals surface area contributed by atoms with Gasteiger partial charge in [-0.15, -0.1) is 12.4 Å². The molecule has 1 amide bonds. The normalized spacial score (nSPS) is 16.8. The number of carbonyl (C=O) groups is 2. The van der Waals surface area contributed by atoms with Gasteiger partial charge in [-0.25, -0.2) is 0 Å². The standard InChI is InChI=1S/C17H24N2O3.ClH/c1-22-15-7-5-14(6-8-15)16(20)3-2-4-17(21)19-10-9-13(11-18)12-19;/h5-8,13H,2-4,9-12,18H2,1H3;1H. The summed E-state index contributed by atoms with van der Waals surface area (Å²) in [5.41, 5.74) is 6.29. The molecule has 1 heterocycles. The minimum absolute atomic E-state index is 0. The summed E-state index contributed by atoms with van der Waals surface area (Å²) >= 11 is 0. The summed E-state index contributed by atoms with van der Waals surface area (Å²) in [5, 5.41) is 0. The SMILES string of the molecule is COc1ccc(C(=O)CCCC(=O)N2CCC(CN)C2)cc1.Cl. The molecular formula is C17H25ClN2O3. The van der Waals surface area contributed by atoms with Crippen molar-refractivity contribution in [3.8, 4) is 5.75 Å². The Bertz CT molecular complexity index is 519. The van der Waals surface area contributed by atoms with E-state index in [1.807, 2.05) is 4.90 Å². The maximum Gasteiger partial charge on any atom is 0.222 e. The average molecular weight is 341 g/mol. The van der Waals surface area contributed by atoms with Crippen LogP contribution in [-0.2, 0) is 4.79 Å². The molecule has 5 nitrogen and oxygen atoms in total. The molecule has 1 fully saturated rings. The van der Waals surface area contributed by atoms with E-state index >= 15 is 0 Å². The molecule has 1 aromatic rings. The Labute approximate surface area is 143 Å². The lowest BCUT2D eigenvalue weighted by Crippen LogP contribution is -2.29. The molecule has 0 spiro atoms. The van der Waals surface area contributed by atoms with Crippen molar-refractivity contribution in [2.24, 2.45) is 11.7 Å². The summed E-state index contributed by atoms with van der Waals surface area (Å²) < 4.78 is 5.07. The number of Topliss-reactive ketones (excluding diaryl/α,β-unsaturated/α-hetero) is 1. The van der Waals surface area contributed by atoms with Gasteiger partial charge >= 0.3 is 0 Å². The van der Waals surface area contributed by atoms with Gasteiger partial charge < -0.3 is 15.4 Å². The number of likely N-dealkylation sites (tertiary alicyclic amines) is 1. The highest BCUT2D eigenvalue weighted by Crippen LogP contribution is 2.17. The molecule has 1 aliphatic heterocycles. The molecule has 0 bridgehead atoms. The summed E-state index contributed by atoms with van der Waals surface area (Å²) in [5.74, 6) is 1.37. The van der Waals surface area contributed by atoms with Gasteiger partial charge in [0.1, 0.15) is 5.75 Å². The number of rotatable bonds is 7. The lowest BCUT2D eigenvalue weighted by Gasteiger charge is -2.16. The van der Waals surface area contributed by atoms with E-state index < -0.39 is 0 Å². The second-order valence-corrected chi connectivity index (χ2v) is 5.74. The zero-order valence-corrected chi connectivity index (χ0v) is 14.3. The molecule has 1 saturated heterocycles. The predicted molar refractivity (Wildman–Crippen MR) is 92.2 cm³/mol. The van der Waals surface area contributed by atoms with Crippen LogP contribution in [0.25, 0.3) is 0 Å². The zero-order chi connectivity index (χ0) is 15.9. The van der Waals surface area contributed by atoms with Gasteiger partial charge in [0.25, 0.3) is 0 Å². The van der Waals surface area contributed by atoms with Crippen LogP contribution in [0.15, 0.2) is 24.3 Å². The first-order chi connectivity index (χ1) is 10.6.